The first-order valence-electron chi connectivity index (χ1n) is 8.46. The van der Waals surface area contributed by atoms with Crippen molar-refractivity contribution in [3.63, 3.8) is 0 Å². The smallest absolute Gasteiger partial charge is 0.267 e. The van der Waals surface area contributed by atoms with Gasteiger partial charge in [0.2, 0.25) is 5.91 Å². The Balaban J connectivity index is 2.07. The minimum Gasteiger partial charge on any atom is -0.343 e. The quantitative estimate of drug-likeness (QED) is 0.727. The van der Waals surface area contributed by atoms with Crippen LogP contribution in [0.2, 0.25) is 10.0 Å². The highest BCUT2D eigenvalue weighted by molar-refractivity contribution is 6.36. The fourth-order valence-corrected chi connectivity index (χ4v) is 3.38. The first-order chi connectivity index (χ1) is 12.0. The molecule has 1 amide bonds. The summed E-state index contributed by atoms with van der Waals surface area (Å²) in [7, 11) is 0. The van der Waals surface area contributed by atoms with Crippen LogP contribution in [-0.4, -0.2) is 34.1 Å². The Kier molecular flexibility index (Phi) is 7.14. The Morgan fingerprint density at radius 3 is 2.32 bits per heavy atom. The molecule has 1 aromatic heterocycles. The van der Waals surface area contributed by atoms with Gasteiger partial charge in [0.05, 0.1) is 0 Å². The summed E-state index contributed by atoms with van der Waals surface area (Å²) in [5, 5.41) is 6.61. The molecule has 0 aliphatic carbocycles. The molecular weight excluding hydrogens is 361 g/mol. The standard InChI is InChI=1S/C18H23Cl2N3O2/c1-3-23(4-2)17(24)10-6-9-16-13(18(25)22-21-16)11-12-14(19)7-5-8-15(12)20/h5,7-8H,3-4,6,9-11H2,1-2H3,(H2,21,22,25). The lowest BCUT2D eigenvalue weighted by molar-refractivity contribution is -0.130. The lowest BCUT2D eigenvalue weighted by atomic mass is 10.0. The molecule has 0 spiro atoms. The van der Waals surface area contributed by atoms with Crippen LogP contribution < -0.4 is 5.56 Å². The second-order valence-electron chi connectivity index (χ2n) is 5.83. The number of aromatic nitrogens is 2. The van der Waals surface area contributed by atoms with E-state index in [0.717, 1.165) is 11.3 Å². The van der Waals surface area contributed by atoms with E-state index in [2.05, 4.69) is 10.2 Å². The van der Waals surface area contributed by atoms with Gasteiger partial charge in [-0.2, -0.15) is 0 Å². The van der Waals surface area contributed by atoms with E-state index in [1.807, 2.05) is 18.7 Å². The number of amides is 1. The van der Waals surface area contributed by atoms with Gasteiger partial charge in [-0.05, 0) is 44.4 Å². The molecule has 0 unspecified atom stereocenters. The number of rotatable bonds is 8. The molecule has 0 saturated carbocycles. The maximum Gasteiger partial charge on any atom is 0.267 e. The Labute approximate surface area is 157 Å². The van der Waals surface area contributed by atoms with E-state index in [-0.39, 0.29) is 11.5 Å². The van der Waals surface area contributed by atoms with Crippen LogP contribution in [-0.2, 0) is 17.6 Å². The van der Waals surface area contributed by atoms with Crippen LogP contribution >= 0.6 is 23.2 Å². The molecule has 0 fully saturated rings. The second-order valence-corrected chi connectivity index (χ2v) is 6.65. The average Bonchev–Trinajstić information content (AvgIpc) is 2.92. The summed E-state index contributed by atoms with van der Waals surface area (Å²) in [6.45, 7) is 5.37. The number of aromatic amines is 2. The van der Waals surface area contributed by atoms with Gasteiger partial charge in [0, 0.05) is 47.2 Å². The Bertz CT molecular complexity index is 759. The first kappa shape index (κ1) is 19.6. The minimum absolute atomic E-state index is 0.138. The molecule has 2 N–H and O–H groups in total. The number of nitrogens with one attached hydrogen (secondary N) is 2. The van der Waals surface area contributed by atoms with Crippen LogP contribution in [0.4, 0.5) is 0 Å². The predicted molar refractivity (Wildman–Crippen MR) is 102 cm³/mol. The Morgan fingerprint density at radius 2 is 1.72 bits per heavy atom. The summed E-state index contributed by atoms with van der Waals surface area (Å²) in [6, 6.07) is 5.29. The average molecular weight is 384 g/mol. The van der Waals surface area contributed by atoms with Gasteiger partial charge in [-0.1, -0.05) is 29.3 Å². The molecule has 0 atom stereocenters. The summed E-state index contributed by atoms with van der Waals surface area (Å²) in [4.78, 5) is 26.0. The highest BCUT2D eigenvalue weighted by atomic mass is 35.5. The van der Waals surface area contributed by atoms with E-state index in [9.17, 15) is 9.59 Å². The van der Waals surface area contributed by atoms with Gasteiger partial charge in [0.15, 0.2) is 0 Å². The lowest BCUT2D eigenvalue weighted by Crippen LogP contribution is -2.30. The largest absolute Gasteiger partial charge is 0.343 e. The summed E-state index contributed by atoms with van der Waals surface area (Å²) in [5.41, 5.74) is 1.97. The van der Waals surface area contributed by atoms with E-state index < -0.39 is 0 Å². The van der Waals surface area contributed by atoms with E-state index in [4.69, 9.17) is 23.2 Å². The van der Waals surface area contributed by atoms with Gasteiger partial charge in [-0.3, -0.25) is 14.7 Å². The zero-order valence-corrected chi connectivity index (χ0v) is 16.0. The molecule has 25 heavy (non-hydrogen) atoms. The van der Waals surface area contributed by atoms with E-state index in [0.29, 0.717) is 54.4 Å². The first-order valence-corrected chi connectivity index (χ1v) is 9.22. The number of carbonyl (C=O) groups excluding carboxylic acids is 1. The number of aryl methyl sites for hydroxylation is 1. The molecule has 0 aliphatic rings. The van der Waals surface area contributed by atoms with Crippen molar-refractivity contribution >= 4 is 29.1 Å². The molecule has 0 bridgehead atoms. The minimum atomic E-state index is -0.180. The third-order valence-corrected chi connectivity index (χ3v) is 5.02. The highest BCUT2D eigenvalue weighted by Gasteiger charge is 2.15. The summed E-state index contributed by atoms with van der Waals surface area (Å²) >= 11 is 12.4. The Morgan fingerprint density at radius 1 is 1.08 bits per heavy atom. The van der Waals surface area contributed by atoms with Crippen LogP contribution in [0.3, 0.4) is 0 Å². The van der Waals surface area contributed by atoms with Gasteiger partial charge >= 0.3 is 0 Å². The molecule has 5 nitrogen and oxygen atoms in total. The number of hydrogen-bond donors (Lipinski definition) is 2. The van der Waals surface area contributed by atoms with E-state index >= 15 is 0 Å². The third kappa shape index (κ3) is 4.89. The second kappa shape index (κ2) is 9.11. The zero-order chi connectivity index (χ0) is 18.4. The molecule has 1 heterocycles. The van der Waals surface area contributed by atoms with Crippen molar-refractivity contribution in [3.8, 4) is 0 Å². The van der Waals surface area contributed by atoms with Crippen LogP contribution in [0.25, 0.3) is 0 Å². The molecule has 2 rings (SSSR count). The number of halogens is 2. The molecule has 136 valence electrons. The maximum absolute atomic E-state index is 12.1. The Hall–Kier alpha value is -1.72. The van der Waals surface area contributed by atoms with Gasteiger partial charge < -0.3 is 10.00 Å². The summed E-state index contributed by atoms with van der Waals surface area (Å²) < 4.78 is 0. The van der Waals surface area contributed by atoms with Gasteiger partial charge in [-0.15, -0.1) is 0 Å². The summed E-state index contributed by atoms with van der Waals surface area (Å²) in [6.07, 6.45) is 2.10. The predicted octanol–water partition coefficient (Wildman–Crippen LogP) is 3.79. The highest BCUT2D eigenvalue weighted by Crippen LogP contribution is 2.26. The fourth-order valence-electron chi connectivity index (χ4n) is 2.85. The van der Waals surface area contributed by atoms with Crippen molar-refractivity contribution in [2.24, 2.45) is 0 Å². The molecular formula is C18H23Cl2N3O2. The molecule has 1 aromatic carbocycles. The van der Waals surface area contributed by atoms with Crippen LogP contribution in [0.15, 0.2) is 23.0 Å². The zero-order valence-electron chi connectivity index (χ0n) is 14.5. The molecule has 0 aliphatic heterocycles. The fraction of sp³-hybridized carbons (Fsp3) is 0.444. The van der Waals surface area contributed by atoms with Crippen LogP contribution in [0, 0.1) is 0 Å². The van der Waals surface area contributed by atoms with Crippen LogP contribution in [0.1, 0.15) is 43.5 Å². The maximum atomic E-state index is 12.1. The molecule has 7 heteroatoms. The van der Waals surface area contributed by atoms with Gasteiger partial charge in [0.1, 0.15) is 0 Å². The number of carbonyl (C=O) groups is 1. The van der Waals surface area contributed by atoms with Gasteiger partial charge in [-0.25, -0.2) is 0 Å². The van der Waals surface area contributed by atoms with Crippen molar-refractivity contribution in [2.75, 3.05) is 13.1 Å². The van der Waals surface area contributed by atoms with Crippen molar-refractivity contribution in [1.29, 1.82) is 0 Å². The van der Waals surface area contributed by atoms with Crippen LogP contribution in [0.5, 0.6) is 0 Å². The monoisotopic (exact) mass is 383 g/mol. The molecule has 0 saturated heterocycles. The van der Waals surface area contributed by atoms with E-state index in [1.54, 1.807) is 18.2 Å². The van der Waals surface area contributed by atoms with E-state index in [1.165, 1.54) is 0 Å². The van der Waals surface area contributed by atoms with Crippen molar-refractivity contribution in [3.05, 3.63) is 55.4 Å². The number of nitrogens with zero attached hydrogens (tertiary/aromatic N) is 1. The SMILES string of the molecule is CCN(CC)C(=O)CCCc1[nH][nH]c(=O)c1Cc1c(Cl)cccc1Cl. The number of hydrogen-bond acceptors (Lipinski definition) is 2. The topological polar surface area (TPSA) is 69.0 Å². The molecule has 0 radical (unpaired) electrons. The molecule has 2 aromatic rings. The normalized spacial score (nSPS) is 10.9. The summed E-state index contributed by atoms with van der Waals surface area (Å²) in [5.74, 6) is 0.138. The number of benzene rings is 1. The third-order valence-electron chi connectivity index (χ3n) is 4.31. The van der Waals surface area contributed by atoms with Gasteiger partial charge in [0.25, 0.3) is 5.56 Å². The number of H-pyrrole nitrogens is 2. The lowest BCUT2D eigenvalue weighted by Gasteiger charge is -2.18. The van der Waals surface area contributed by atoms with Crippen molar-refractivity contribution in [1.82, 2.24) is 15.1 Å². The van der Waals surface area contributed by atoms with Crippen molar-refractivity contribution < 1.29 is 4.79 Å². The van der Waals surface area contributed by atoms with Crippen molar-refractivity contribution in [2.45, 2.75) is 39.5 Å².